The molecule has 0 saturated heterocycles. The molecular weight excluding hydrogens is 270 g/mol. The first-order valence-corrected chi connectivity index (χ1v) is 8.13. The molecule has 1 aromatic heterocycles. The van der Waals surface area contributed by atoms with Gasteiger partial charge in [-0.25, -0.2) is 4.98 Å². The number of amides is 1. The molecule has 0 radical (unpaired) electrons. The summed E-state index contributed by atoms with van der Waals surface area (Å²) in [5.41, 5.74) is 6.40. The van der Waals surface area contributed by atoms with Crippen LogP contribution in [0.15, 0.2) is 0 Å². The maximum Gasteiger partial charge on any atom is 0.224 e. The lowest BCUT2D eigenvalue weighted by Crippen LogP contribution is -2.45. The first-order chi connectivity index (χ1) is 9.35. The second-order valence-corrected chi connectivity index (χ2v) is 7.51. The van der Waals surface area contributed by atoms with Crippen LogP contribution in [-0.2, 0) is 10.3 Å². The molecule has 1 aromatic rings. The fourth-order valence-electron chi connectivity index (χ4n) is 2.86. The zero-order valence-corrected chi connectivity index (χ0v) is 13.6. The second kappa shape index (κ2) is 5.82. The third-order valence-corrected chi connectivity index (χ3v) is 5.69. The van der Waals surface area contributed by atoms with Gasteiger partial charge < -0.3 is 11.1 Å². The van der Waals surface area contributed by atoms with E-state index in [-0.39, 0.29) is 11.8 Å². The Hall–Kier alpha value is -0.940. The van der Waals surface area contributed by atoms with E-state index in [0.29, 0.717) is 12.5 Å². The number of carbonyl (C=O) groups excluding carboxylic acids is 1. The van der Waals surface area contributed by atoms with Gasteiger partial charge >= 0.3 is 0 Å². The van der Waals surface area contributed by atoms with Crippen molar-refractivity contribution in [3.05, 3.63) is 15.6 Å². The molecular formula is C15H25N3OS. The topological polar surface area (TPSA) is 68.0 Å². The van der Waals surface area contributed by atoms with Crippen molar-refractivity contribution in [2.24, 2.45) is 17.6 Å². The van der Waals surface area contributed by atoms with Gasteiger partial charge in [-0.15, -0.1) is 11.3 Å². The van der Waals surface area contributed by atoms with Gasteiger partial charge in [-0.05, 0) is 53.0 Å². The first-order valence-electron chi connectivity index (χ1n) is 7.31. The van der Waals surface area contributed by atoms with Crippen molar-refractivity contribution < 1.29 is 4.79 Å². The number of aryl methyl sites for hydroxylation is 2. The van der Waals surface area contributed by atoms with Gasteiger partial charge in [-0.3, -0.25) is 4.79 Å². The van der Waals surface area contributed by atoms with Crippen molar-refractivity contribution >= 4 is 17.2 Å². The van der Waals surface area contributed by atoms with Crippen LogP contribution < -0.4 is 11.1 Å². The summed E-state index contributed by atoms with van der Waals surface area (Å²) in [5, 5.41) is 4.15. The quantitative estimate of drug-likeness (QED) is 0.896. The molecule has 1 amide bonds. The Morgan fingerprint density at radius 2 is 2.15 bits per heavy atom. The highest BCUT2D eigenvalue weighted by molar-refractivity contribution is 7.11. The fourth-order valence-corrected chi connectivity index (χ4v) is 3.83. The molecule has 0 aliphatic heterocycles. The molecule has 1 aliphatic carbocycles. The van der Waals surface area contributed by atoms with Gasteiger partial charge in [0.2, 0.25) is 5.91 Å². The second-order valence-electron chi connectivity index (χ2n) is 6.31. The normalized spacial score (nSPS) is 23.1. The number of thiazole rings is 1. The Morgan fingerprint density at radius 1 is 1.45 bits per heavy atom. The van der Waals surface area contributed by atoms with E-state index >= 15 is 0 Å². The zero-order chi connectivity index (χ0) is 14.9. The molecule has 112 valence electrons. The van der Waals surface area contributed by atoms with Gasteiger partial charge in [-0.1, -0.05) is 6.42 Å². The number of nitrogens with one attached hydrogen (secondary N) is 1. The Morgan fingerprint density at radius 3 is 2.70 bits per heavy atom. The van der Waals surface area contributed by atoms with Crippen LogP contribution in [0.1, 0.15) is 48.7 Å². The third-order valence-electron chi connectivity index (χ3n) is 4.30. The number of hydrogen-bond acceptors (Lipinski definition) is 4. The molecule has 1 saturated carbocycles. The van der Waals surface area contributed by atoms with Crippen LogP contribution in [0, 0.1) is 25.7 Å². The molecule has 1 fully saturated rings. The van der Waals surface area contributed by atoms with E-state index < -0.39 is 5.54 Å². The lowest BCUT2D eigenvalue weighted by atomic mass is 9.94. The molecule has 0 bridgehead atoms. The summed E-state index contributed by atoms with van der Waals surface area (Å²) in [6.07, 6.45) is 3.14. The molecule has 3 N–H and O–H groups in total. The highest BCUT2D eigenvalue weighted by Crippen LogP contribution is 2.33. The summed E-state index contributed by atoms with van der Waals surface area (Å²) in [4.78, 5) is 18.3. The molecule has 1 aliphatic rings. The minimum atomic E-state index is -0.414. The first kappa shape index (κ1) is 15.4. The number of carbonyl (C=O) groups is 1. The number of nitrogens with two attached hydrogens (primary N) is 1. The van der Waals surface area contributed by atoms with Crippen molar-refractivity contribution in [1.29, 1.82) is 0 Å². The fraction of sp³-hybridized carbons (Fsp3) is 0.733. The van der Waals surface area contributed by atoms with Crippen LogP contribution >= 0.6 is 11.3 Å². The molecule has 0 aromatic carbocycles. The molecule has 1 heterocycles. The van der Waals surface area contributed by atoms with Gasteiger partial charge in [0.15, 0.2) is 0 Å². The van der Waals surface area contributed by atoms with E-state index in [1.165, 1.54) is 4.88 Å². The number of hydrogen-bond donors (Lipinski definition) is 2. The van der Waals surface area contributed by atoms with Gasteiger partial charge in [0.25, 0.3) is 0 Å². The smallest absolute Gasteiger partial charge is 0.224 e. The summed E-state index contributed by atoms with van der Waals surface area (Å²) < 4.78 is 0. The van der Waals surface area contributed by atoms with Crippen LogP contribution in [-0.4, -0.2) is 17.4 Å². The van der Waals surface area contributed by atoms with E-state index in [9.17, 15) is 4.79 Å². The summed E-state index contributed by atoms with van der Waals surface area (Å²) in [7, 11) is 0. The lowest BCUT2D eigenvalue weighted by Gasteiger charge is -2.27. The van der Waals surface area contributed by atoms with Crippen molar-refractivity contribution in [1.82, 2.24) is 10.3 Å². The van der Waals surface area contributed by atoms with E-state index in [2.05, 4.69) is 17.2 Å². The highest BCUT2D eigenvalue weighted by atomic mass is 32.1. The average molecular weight is 295 g/mol. The van der Waals surface area contributed by atoms with Crippen molar-refractivity contribution in [3.63, 3.8) is 0 Å². The van der Waals surface area contributed by atoms with Gasteiger partial charge in [0, 0.05) is 10.8 Å². The van der Waals surface area contributed by atoms with E-state index in [4.69, 9.17) is 5.73 Å². The highest BCUT2D eigenvalue weighted by Gasteiger charge is 2.35. The molecule has 0 unspecified atom stereocenters. The SMILES string of the molecule is Cc1nc(C(C)(C)NC(=O)[C@@H]2CCC[C@@H]2CN)sc1C. The van der Waals surface area contributed by atoms with Crippen LogP contribution in [0.5, 0.6) is 0 Å². The molecule has 2 atom stereocenters. The van der Waals surface area contributed by atoms with Crippen molar-refractivity contribution in [2.45, 2.75) is 52.5 Å². The zero-order valence-electron chi connectivity index (χ0n) is 12.8. The lowest BCUT2D eigenvalue weighted by molar-refractivity contribution is -0.127. The van der Waals surface area contributed by atoms with Crippen LogP contribution in [0.4, 0.5) is 0 Å². The molecule has 0 spiro atoms. The van der Waals surface area contributed by atoms with Crippen LogP contribution in [0.2, 0.25) is 0 Å². The minimum Gasteiger partial charge on any atom is -0.344 e. The minimum absolute atomic E-state index is 0.0708. The molecule has 20 heavy (non-hydrogen) atoms. The molecule has 2 rings (SSSR count). The Kier molecular flexibility index (Phi) is 4.49. The van der Waals surface area contributed by atoms with Gasteiger partial charge in [0.05, 0.1) is 11.2 Å². The summed E-state index contributed by atoms with van der Waals surface area (Å²) in [6, 6.07) is 0. The Bertz CT molecular complexity index is 476. The monoisotopic (exact) mass is 295 g/mol. The summed E-state index contributed by atoms with van der Waals surface area (Å²) in [6.45, 7) is 8.72. The Labute approximate surface area is 125 Å². The maximum absolute atomic E-state index is 12.5. The van der Waals surface area contributed by atoms with Crippen LogP contribution in [0.25, 0.3) is 0 Å². The molecule has 5 heteroatoms. The van der Waals surface area contributed by atoms with E-state index in [1.807, 2.05) is 20.8 Å². The number of nitrogens with zero attached hydrogens (tertiary/aromatic N) is 1. The van der Waals surface area contributed by atoms with Crippen molar-refractivity contribution in [3.8, 4) is 0 Å². The maximum atomic E-state index is 12.5. The Balaban J connectivity index is 2.09. The van der Waals surface area contributed by atoms with Crippen LogP contribution in [0.3, 0.4) is 0 Å². The average Bonchev–Trinajstić information content (AvgIpc) is 2.96. The number of rotatable bonds is 4. The summed E-state index contributed by atoms with van der Waals surface area (Å²) >= 11 is 1.66. The van der Waals surface area contributed by atoms with Gasteiger partial charge in [0.1, 0.15) is 5.01 Å². The van der Waals surface area contributed by atoms with Gasteiger partial charge in [-0.2, -0.15) is 0 Å². The molecule has 4 nitrogen and oxygen atoms in total. The predicted molar refractivity (Wildman–Crippen MR) is 82.6 cm³/mol. The van der Waals surface area contributed by atoms with E-state index in [1.54, 1.807) is 11.3 Å². The summed E-state index contributed by atoms with van der Waals surface area (Å²) in [5.74, 6) is 0.542. The van der Waals surface area contributed by atoms with E-state index in [0.717, 1.165) is 30.0 Å². The standard InChI is InChI=1S/C15H25N3OS/c1-9-10(2)20-14(17-9)15(3,4)18-13(19)12-7-5-6-11(12)8-16/h11-12H,5-8,16H2,1-4H3,(H,18,19)/t11-,12-/m1/s1. The largest absolute Gasteiger partial charge is 0.344 e. The third kappa shape index (κ3) is 3.04. The predicted octanol–water partition coefficient (Wildman–Crippen LogP) is 2.49. The number of aromatic nitrogens is 1. The van der Waals surface area contributed by atoms with Crippen molar-refractivity contribution in [2.75, 3.05) is 6.54 Å².